The SMILES string of the molecule is CCC/C=C/NCCOCCOCCOCCOCCOCCOCCNC(CCOCCOCCC(=O)Oc1c(C)c(F)c(F)c(F)c1F)=C1CCC1. The highest BCUT2D eigenvalue weighted by Gasteiger charge is 2.25. The highest BCUT2D eigenvalue weighted by molar-refractivity contribution is 5.73. The minimum atomic E-state index is -2.04. The van der Waals surface area contributed by atoms with Gasteiger partial charge >= 0.3 is 5.97 Å². The maximum atomic E-state index is 13.9. The van der Waals surface area contributed by atoms with Crippen LogP contribution < -0.4 is 15.4 Å². The fourth-order valence-corrected chi connectivity index (χ4v) is 4.73. The van der Waals surface area contributed by atoms with Crippen LogP contribution in [0.3, 0.4) is 0 Å². The molecule has 0 aromatic heterocycles. The topological polar surface area (TPSA) is 124 Å². The molecule has 0 atom stereocenters. The Morgan fingerprint density at radius 2 is 1.07 bits per heavy atom. The van der Waals surface area contributed by atoms with Gasteiger partial charge in [-0.2, -0.15) is 4.39 Å². The molecule has 310 valence electrons. The van der Waals surface area contributed by atoms with Gasteiger partial charge in [0.1, 0.15) is 0 Å². The third-order valence-electron chi connectivity index (χ3n) is 7.89. The van der Waals surface area contributed by atoms with Gasteiger partial charge in [-0.05, 0) is 38.8 Å². The number of allylic oxidation sites excluding steroid dienone is 2. The van der Waals surface area contributed by atoms with Gasteiger partial charge < -0.3 is 53.3 Å². The number of benzene rings is 1. The minimum absolute atomic E-state index is 0.0781. The number of ether oxygens (including phenoxy) is 9. The molecule has 0 heterocycles. The van der Waals surface area contributed by atoms with Crippen LogP contribution >= 0.6 is 0 Å². The van der Waals surface area contributed by atoms with E-state index in [1.165, 1.54) is 12.0 Å². The molecule has 0 spiro atoms. The molecule has 2 N–H and O–H groups in total. The van der Waals surface area contributed by atoms with Crippen molar-refractivity contribution >= 4 is 5.97 Å². The molecule has 1 fully saturated rings. The van der Waals surface area contributed by atoms with Gasteiger partial charge in [0.25, 0.3) is 0 Å². The van der Waals surface area contributed by atoms with Crippen molar-refractivity contribution in [2.24, 2.45) is 0 Å². The second-order valence-electron chi connectivity index (χ2n) is 12.1. The van der Waals surface area contributed by atoms with E-state index in [9.17, 15) is 22.4 Å². The number of halogens is 4. The average Bonchev–Trinajstić information content (AvgIpc) is 3.15. The van der Waals surface area contributed by atoms with E-state index in [1.54, 1.807) is 0 Å². The van der Waals surface area contributed by atoms with Crippen molar-refractivity contribution in [2.45, 2.75) is 58.8 Å². The van der Waals surface area contributed by atoms with Crippen molar-refractivity contribution in [1.29, 1.82) is 0 Å². The molecule has 0 amide bonds. The van der Waals surface area contributed by atoms with Crippen LogP contribution in [0.15, 0.2) is 23.5 Å². The first-order valence-corrected chi connectivity index (χ1v) is 18.8. The molecule has 1 aromatic carbocycles. The number of unbranched alkanes of at least 4 members (excludes halogenated alkanes) is 1. The van der Waals surface area contributed by atoms with Gasteiger partial charge in [0.15, 0.2) is 17.4 Å². The van der Waals surface area contributed by atoms with E-state index in [2.05, 4.69) is 23.6 Å². The van der Waals surface area contributed by atoms with E-state index in [-0.39, 0.29) is 26.2 Å². The summed E-state index contributed by atoms with van der Waals surface area (Å²) < 4.78 is 103. The van der Waals surface area contributed by atoms with Crippen LogP contribution in [0.2, 0.25) is 0 Å². The molecular weight excluding hydrogens is 720 g/mol. The van der Waals surface area contributed by atoms with E-state index in [0.29, 0.717) is 98.9 Å². The first-order valence-electron chi connectivity index (χ1n) is 18.8. The first-order chi connectivity index (χ1) is 26.4. The zero-order valence-corrected chi connectivity index (χ0v) is 31.9. The molecule has 1 aliphatic carbocycles. The summed E-state index contributed by atoms with van der Waals surface area (Å²) >= 11 is 0. The Labute approximate surface area is 317 Å². The average molecular weight is 781 g/mol. The molecule has 0 aliphatic heterocycles. The Kier molecular flexibility index (Phi) is 27.5. The van der Waals surface area contributed by atoms with E-state index in [1.807, 2.05) is 6.20 Å². The zero-order chi connectivity index (χ0) is 39.1. The van der Waals surface area contributed by atoms with Gasteiger partial charge in [-0.25, -0.2) is 13.2 Å². The molecule has 0 saturated heterocycles. The van der Waals surface area contributed by atoms with Crippen molar-refractivity contribution in [2.75, 3.05) is 119 Å². The fourth-order valence-electron chi connectivity index (χ4n) is 4.73. The van der Waals surface area contributed by atoms with Crippen LogP contribution in [-0.2, 0) is 42.7 Å². The van der Waals surface area contributed by atoms with Crippen LogP contribution in [0, 0.1) is 30.2 Å². The summed E-state index contributed by atoms with van der Waals surface area (Å²) in [4.78, 5) is 12.0. The van der Waals surface area contributed by atoms with Crippen molar-refractivity contribution in [3.63, 3.8) is 0 Å². The molecule has 1 aliphatic rings. The van der Waals surface area contributed by atoms with E-state index in [4.69, 9.17) is 42.6 Å². The predicted molar refractivity (Wildman–Crippen MR) is 193 cm³/mol. The Morgan fingerprint density at radius 1 is 0.611 bits per heavy atom. The number of carbonyl (C=O) groups is 1. The summed E-state index contributed by atoms with van der Waals surface area (Å²) in [6, 6.07) is 0. The zero-order valence-electron chi connectivity index (χ0n) is 31.9. The quantitative estimate of drug-likeness (QED) is 0.0232. The standard InChI is InChI=1S/C38H60F4N2O10/c1-3-4-5-11-43-12-16-48-20-22-50-24-26-52-28-29-53-27-25-51-23-21-49-17-13-44-32(31-7-6-8-31)9-14-46-18-19-47-15-10-33(45)54-38-30(2)34(39)35(40)36(41)37(38)42/h5,11,43-44H,3-4,6-10,12-29H2,1-2H3/b11-5+. The lowest BCUT2D eigenvalue weighted by molar-refractivity contribution is -0.136. The van der Waals surface area contributed by atoms with Gasteiger partial charge in [-0.15, -0.1) is 0 Å². The fraction of sp³-hybridized carbons (Fsp3) is 0.711. The molecule has 2 rings (SSSR count). The molecule has 1 aromatic rings. The highest BCUT2D eigenvalue weighted by atomic mass is 19.2. The Bertz CT molecular complexity index is 1190. The number of hydrogen-bond acceptors (Lipinski definition) is 12. The van der Waals surface area contributed by atoms with Gasteiger partial charge in [0, 0.05) is 30.8 Å². The number of esters is 1. The van der Waals surface area contributed by atoms with Gasteiger partial charge in [0.2, 0.25) is 11.6 Å². The van der Waals surface area contributed by atoms with Crippen molar-refractivity contribution in [3.8, 4) is 5.75 Å². The molecule has 16 heteroatoms. The summed E-state index contributed by atoms with van der Waals surface area (Å²) in [5.74, 6) is -9.34. The maximum Gasteiger partial charge on any atom is 0.313 e. The van der Waals surface area contributed by atoms with Crippen molar-refractivity contribution in [3.05, 3.63) is 52.4 Å². The highest BCUT2D eigenvalue weighted by Crippen LogP contribution is 2.30. The Morgan fingerprint density at radius 3 is 1.57 bits per heavy atom. The molecule has 54 heavy (non-hydrogen) atoms. The molecule has 0 unspecified atom stereocenters. The van der Waals surface area contributed by atoms with Crippen LogP contribution in [-0.4, -0.2) is 125 Å². The minimum Gasteiger partial charge on any atom is -0.423 e. The predicted octanol–water partition coefficient (Wildman–Crippen LogP) is 5.30. The lowest BCUT2D eigenvalue weighted by Gasteiger charge is -2.23. The monoisotopic (exact) mass is 780 g/mol. The van der Waals surface area contributed by atoms with Gasteiger partial charge in [-0.3, -0.25) is 4.79 Å². The van der Waals surface area contributed by atoms with E-state index < -0.39 is 40.6 Å². The number of hydrogen-bond donors (Lipinski definition) is 2. The third kappa shape index (κ3) is 21.3. The van der Waals surface area contributed by atoms with E-state index >= 15 is 0 Å². The number of nitrogens with one attached hydrogen (secondary N) is 2. The second kappa shape index (κ2) is 31.4. The van der Waals surface area contributed by atoms with E-state index in [0.717, 1.165) is 44.8 Å². The lowest BCUT2D eigenvalue weighted by Crippen LogP contribution is -2.24. The van der Waals surface area contributed by atoms with Gasteiger partial charge in [-0.1, -0.05) is 25.0 Å². The van der Waals surface area contributed by atoms with Crippen molar-refractivity contribution in [1.82, 2.24) is 10.6 Å². The van der Waals surface area contributed by atoms with Crippen molar-refractivity contribution < 1.29 is 65.0 Å². The van der Waals surface area contributed by atoms with Crippen LogP contribution in [0.4, 0.5) is 17.6 Å². The third-order valence-corrected chi connectivity index (χ3v) is 7.89. The normalized spacial score (nSPS) is 12.7. The maximum absolute atomic E-state index is 13.9. The Balaban J connectivity index is 1.35. The first kappa shape index (κ1) is 47.3. The number of carbonyl (C=O) groups excluding carboxylic acids is 1. The van der Waals surface area contributed by atoms with Crippen LogP contribution in [0.25, 0.3) is 0 Å². The summed E-state index contributed by atoms with van der Waals surface area (Å²) in [6.45, 7) is 11.7. The number of rotatable bonds is 35. The Hall–Kier alpha value is -2.83. The van der Waals surface area contributed by atoms with Crippen LogP contribution in [0.1, 0.15) is 57.4 Å². The lowest BCUT2D eigenvalue weighted by atomic mass is 9.89. The van der Waals surface area contributed by atoms with Gasteiger partial charge in [0.05, 0.1) is 112 Å². The molecule has 12 nitrogen and oxygen atoms in total. The molecule has 0 bridgehead atoms. The largest absolute Gasteiger partial charge is 0.423 e. The van der Waals surface area contributed by atoms with Crippen LogP contribution in [0.5, 0.6) is 5.75 Å². The summed E-state index contributed by atoms with van der Waals surface area (Å²) in [5.41, 5.74) is 1.91. The summed E-state index contributed by atoms with van der Waals surface area (Å²) in [5, 5.41) is 6.64. The summed E-state index contributed by atoms with van der Waals surface area (Å²) in [7, 11) is 0. The smallest absolute Gasteiger partial charge is 0.313 e. The molecule has 1 saturated carbocycles. The molecule has 0 radical (unpaired) electrons. The second-order valence-corrected chi connectivity index (χ2v) is 12.1. The molecular formula is C38H60F4N2O10. The summed E-state index contributed by atoms with van der Waals surface area (Å²) in [6.07, 6.45) is 10.0.